The van der Waals surface area contributed by atoms with E-state index in [9.17, 15) is 14.0 Å². The van der Waals surface area contributed by atoms with Gasteiger partial charge in [0.05, 0.1) is 17.9 Å². The average molecular weight is 317 g/mol. The van der Waals surface area contributed by atoms with Crippen LogP contribution < -0.4 is 15.4 Å². The number of rotatable bonds is 5. The Morgan fingerprint density at radius 3 is 2.61 bits per heavy atom. The molecule has 0 spiro atoms. The lowest BCUT2D eigenvalue weighted by Crippen LogP contribution is -2.14. The SMILES string of the molecule is CCOc1ccc(C(=O)Nc2cc(NC(C)=O)ccc2F)cn1. The molecule has 1 heterocycles. The summed E-state index contributed by atoms with van der Waals surface area (Å²) < 4.78 is 19.0. The second kappa shape index (κ2) is 7.35. The maximum Gasteiger partial charge on any atom is 0.257 e. The summed E-state index contributed by atoms with van der Waals surface area (Å²) in [5.74, 6) is -1.00. The van der Waals surface area contributed by atoms with Crippen LogP contribution in [0.15, 0.2) is 36.5 Å². The van der Waals surface area contributed by atoms with Crippen LogP contribution in [0.3, 0.4) is 0 Å². The summed E-state index contributed by atoms with van der Waals surface area (Å²) in [5.41, 5.74) is 0.618. The van der Waals surface area contributed by atoms with Crippen molar-refractivity contribution >= 4 is 23.2 Å². The van der Waals surface area contributed by atoms with Crippen LogP contribution in [0.2, 0.25) is 0 Å². The minimum Gasteiger partial charge on any atom is -0.478 e. The molecule has 0 saturated carbocycles. The van der Waals surface area contributed by atoms with E-state index in [-0.39, 0.29) is 17.2 Å². The van der Waals surface area contributed by atoms with Gasteiger partial charge in [0.25, 0.3) is 5.91 Å². The van der Waals surface area contributed by atoms with Crippen LogP contribution in [0.5, 0.6) is 5.88 Å². The third-order valence-corrected chi connectivity index (χ3v) is 2.83. The number of hydrogen-bond acceptors (Lipinski definition) is 4. The van der Waals surface area contributed by atoms with Crippen LogP contribution in [0.4, 0.5) is 15.8 Å². The highest BCUT2D eigenvalue weighted by Gasteiger charge is 2.11. The van der Waals surface area contributed by atoms with Crippen LogP contribution in [-0.2, 0) is 4.79 Å². The van der Waals surface area contributed by atoms with Gasteiger partial charge in [-0.2, -0.15) is 0 Å². The van der Waals surface area contributed by atoms with E-state index in [0.717, 1.165) is 6.07 Å². The molecule has 120 valence electrons. The predicted molar refractivity (Wildman–Crippen MR) is 84.1 cm³/mol. The molecule has 0 saturated heterocycles. The first-order valence-corrected chi connectivity index (χ1v) is 6.97. The molecule has 23 heavy (non-hydrogen) atoms. The van der Waals surface area contributed by atoms with Crippen molar-refractivity contribution in [3.8, 4) is 5.88 Å². The zero-order chi connectivity index (χ0) is 16.8. The number of halogens is 1. The summed E-state index contributed by atoms with van der Waals surface area (Å²) >= 11 is 0. The Labute approximate surface area is 132 Å². The summed E-state index contributed by atoms with van der Waals surface area (Å²) in [6.45, 7) is 3.64. The van der Waals surface area contributed by atoms with Crippen molar-refractivity contribution in [1.29, 1.82) is 0 Å². The van der Waals surface area contributed by atoms with Crippen molar-refractivity contribution < 1.29 is 18.7 Å². The molecule has 1 aromatic heterocycles. The zero-order valence-corrected chi connectivity index (χ0v) is 12.7. The molecule has 0 fully saturated rings. The lowest BCUT2D eigenvalue weighted by Gasteiger charge is -2.09. The first-order valence-electron chi connectivity index (χ1n) is 6.97. The zero-order valence-electron chi connectivity index (χ0n) is 12.7. The second-order valence-electron chi connectivity index (χ2n) is 4.65. The fourth-order valence-corrected chi connectivity index (χ4v) is 1.84. The van der Waals surface area contributed by atoms with E-state index >= 15 is 0 Å². The number of hydrogen-bond donors (Lipinski definition) is 2. The Kier molecular flexibility index (Phi) is 5.24. The Balaban J connectivity index is 2.14. The van der Waals surface area contributed by atoms with Crippen LogP contribution >= 0.6 is 0 Å². The minimum atomic E-state index is -0.605. The summed E-state index contributed by atoms with van der Waals surface area (Å²) in [4.78, 5) is 27.1. The Morgan fingerprint density at radius 2 is 2.00 bits per heavy atom. The number of nitrogens with zero attached hydrogens (tertiary/aromatic N) is 1. The number of carbonyl (C=O) groups excluding carboxylic acids is 2. The van der Waals surface area contributed by atoms with Gasteiger partial charge in [0.15, 0.2) is 0 Å². The number of benzene rings is 1. The van der Waals surface area contributed by atoms with E-state index in [1.165, 1.54) is 31.3 Å². The van der Waals surface area contributed by atoms with Crippen molar-refractivity contribution in [2.75, 3.05) is 17.2 Å². The summed E-state index contributed by atoms with van der Waals surface area (Å²) in [7, 11) is 0. The van der Waals surface area contributed by atoms with Crippen molar-refractivity contribution in [2.45, 2.75) is 13.8 Å². The highest BCUT2D eigenvalue weighted by Crippen LogP contribution is 2.20. The second-order valence-corrected chi connectivity index (χ2v) is 4.65. The van der Waals surface area contributed by atoms with E-state index in [4.69, 9.17) is 4.74 Å². The molecular formula is C16H16FN3O3. The van der Waals surface area contributed by atoms with Gasteiger partial charge in [0.1, 0.15) is 5.82 Å². The lowest BCUT2D eigenvalue weighted by atomic mass is 10.2. The molecule has 2 amide bonds. The number of pyridine rings is 1. The molecular weight excluding hydrogens is 301 g/mol. The number of aromatic nitrogens is 1. The number of ether oxygens (including phenoxy) is 1. The van der Waals surface area contributed by atoms with E-state index in [2.05, 4.69) is 15.6 Å². The van der Waals surface area contributed by atoms with E-state index in [0.29, 0.717) is 18.2 Å². The molecule has 7 heteroatoms. The molecule has 2 N–H and O–H groups in total. The van der Waals surface area contributed by atoms with Gasteiger partial charge in [-0.3, -0.25) is 9.59 Å². The molecule has 0 atom stereocenters. The monoisotopic (exact) mass is 317 g/mol. The summed E-state index contributed by atoms with van der Waals surface area (Å²) in [6, 6.07) is 7.00. The molecule has 0 aliphatic heterocycles. The average Bonchev–Trinajstić information content (AvgIpc) is 2.51. The maximum absolute atomic E-state index is 13.8. The molecule has 0 radical (unpaired) electrons. The predicted octanol–water partition coefficient (Wildman–Crippen LogP) is 2.83. The normalized spacial score (nSPS) is 10.0. The van der Waals surface area contributed by atoms with Gasteiger partial charge >= 0.3 is 0 Å². The van der Waals surface area contributed by atoms with Crippen LogP contribution in [0.25, 0.3) is 0 Å². The topological polar surface area (TPSA) is 80.3 Å². The fourth-order valence-electron chi connectivity index (χ4n) is 1.84. The standard InChI is InChI=1S/C16H16FN3O3/c1-3-23-15-7-4-11(9-18-15)16(22)20-14-8-12(19-10(2)21)5-6-13(14)17/h4-9H,3H2,1-2H3,(H,19,21)(H,20,22). The Bertz CT molecular complexity index is 717. The van der Waals surface area contributed by atoms with Crippen LogP contribution in [0, 0.1) is 5.82 Å². The van der Waals surface area contributed by atoms with Gasteiger partial charge in [-0.25, -0.2) is 9.37 Å². The van der Waals surface area contributed by atoms with Gasteiger partial charge in [-0.1, -0.05) is 0 Å². The summed E-state index contributed by atoms with van der Waals surface area (Å²) in [6.07, 6.45) is 1.34. The van der Waals surface area contributed by atoms with E-state index in [1.807, 2.05) is 6.92 Å². The van der Waals surface area contributed by atoms with Crippen LogP contribution in [0.1, 0.15) is 24.2 Å². The Hall–Kier alpha value is -2.96. The quantitative estimate of drug-likeness (QED) is 0.888. The van der Waals surface area contributed by atoms with Crippen LogP contribution in [-0.4, -0.2) is 23.4 Å². The number of anilines is 2. The molecule has 0 aliphatic carbocycles. The lowest BCUT2D eigenvalue weighted by molar-refractivity contribution is -0.114. The number of carbonyl (C=O) groups is 2. The molecule has 6 nitrogen and oxygen atoms in total. The smallest absolute Gasteiger partial charge is 0.257 e. The third-order valence-electron chi connectivity index (χ3n) is 2.83. The first kappa shape index (κ1) is 16.4. The Morgan fingerprint density at radius 1 is 1.22 bits per heavy atom. The van der Waals surface area contributed by atoms with Gasteiger partial charge in [-0.05, 0) is 31.2 Å². The van der Waals surface area contributed by atoms with Crippen molar-refractivity contribution in [1.82, 2.24) is 4.98 Å². The summed E-state index contributed by atoms with van der Waals surface area (Å²) in [5, 5.41) is 4.97. The first-order chi connectivity index (χ1) is 11.0. The highest BCUT2D eigenvalue weighted by molar-refractivity contribution is 6.04. The number of nitrogens with one attached hydrogen (secondary N) is 2. The van der Waals surface area contributed by atoms with E-state index < -0.39 is 11.7 Å². The van der Waals surface area contributed by atoms with Crippen molar-refractivity contribution in [3.05, 3.63) is 47.9 Å². The van der Waals surface area contributed by atoms with E-state index in [1.54, 1.807) is 6.07 Å². The molecule has 0 aliphatic rings. The molecule has 2 aromatic rings. The van der Waals surface area contributed by atoms with Crippen molar-refractivity contribution in [3.63, 3.8) is 0 Å². The van der Waals surface area contributed by atoms with Gasteiger partial charge in [0.2, 0.25) is 11.8 Å². The third kappa shape index (κ3) is 4.50. The van der Waals surface area contributed by atoms with Gasteiger partial charge < -0.3 is 15.4 Å². The number of amides is 2. The molecule has 2 rings (SSSR count). The molecule has 1 aromatic carbocycles. The molecule has 0 unspecified atom stereocenters. The largest absolute Gasteiger partial charge is 0.478 e. The maximum atomic E-state index is 13.8. The highest BCUT2D eigenvalue weighted by atomic mass is 19.1. The van der Waals surface area contributed by atoms with Gasteiger partial charge in [-0.15, -0.1) is 0 Å². The van der Waals surface area contributed by atoms with Crippen molar-refractivity contribution in [2.24, 2.45) is 0 Å². The van der Waals surface area contributed by atoms with Gasteiger partial charge in [0, 0.05) is 24.9 Å². The fraction of sp³-hybridized carbons (Fsp3) is 0.188. The molecule has 0 bridgehead atoms. The minimum absolute atomic E-state index is 0.0323.